The summed E-state index contributed by atoms with van der Waals surface area (Å²) in [6, 6.07) is 8.00. The predicted octanol–water partition coefficient (Wildman–Crippen LogP) is 3.68. The number of aryl methyl sites for hydroxylation is 1. The first kappa shape index (κ1) is 16.6. The lowest BCUT2D eigenvalue weighted by molar-refractivity contribution is -0.141. The Bertz CT molecular complexity index is 891. The number of carbonyl (C=O) groups excluding carboxylic acids is 1. The second kappa shape index (κ2) is 6.34. The van der Waals surface area contributed by atoms with Crippen LogP contribution in [0.4, 0.5) is 13.2 Å². The van der Waals surface area contributed by atoms with Crippen molar-refractivity contribution >= 4 is 5.97 Å². The quantitative estimate of drug-likeness (QED) is 0.530. The van der Waals surface area contributed by atoms with Gasteiger partial charge in [-0.05, 0) is 43.3 Å². The van der Waals surface area contributed by atoms with Gasteiger partial charge in [0, 0.05) is 5.56 Å². The Balaban J connectivity index is 1.76. The largest absolute Gasteiger partial charge is 0.433 e. The molecule has 0 amide bonds. The average molecular weight is 349 g/mol. The van der Waals surface area contributed by atoms with Crippen molar-refractivity contribution in [3.8, 4) is 17.2 Å². The van der Waals surface area contributed by atoms with Crippen molar-refractivity contribution in [2.24, 2.45) is 0 Å². The number of ether oxygens (including phenoxy) is 1. The van der Waals surface area contributed by atoms with E-state index in [1.54, 1.807) is 12.1 Å². The van der Waals surface area contributed by atoms with Crippen LogP contribution in [-0.2, 0) is 6.18 Å². The minimum absolute atomic E-state index is 0.0472. The second-order valence-corrected chi connectivity index (χ2v) is 4.99. The van der Waals surface area contributed by atoms with Gasteiger partial charge in [0.25, 0.3) is 0 Å². The molecule has 25 heavy (non-hydrogen) atoms. The maximum absolute atomic E-state index is 12.6. The van der Waals surface area contributed by atoms with Crippen LogP contribution in [0.25, 0.3) is 11.5 Å². The molecule has 0 spiro atoms. The van der Waals surface area contributed by atoms with Gasteiger partial charge in [-0.2, -0.15) is 13.2 Å². The number of nitrogens with zero attached hydrogens (tertiary/aromatic N) is 3. The molecule has 0 saturated carbocycles. The molecule has 2 heterocycles. The third kappa shape index (κ3) is 3.65. The second-order valence-electron chi connectivity index (χ2n) is 4.99. The Morgan fingerprint density at radius 1 is 1.12 bits per heavy atom. The monoisotopic (exact) mass is 349 g/mol. The average Bonchev–Trinajstić information content (AvgIpc) is 3.09. The number of carbonyl (C=O) groups is 1. The van der Waals surface area contributed by atoms with Crippen LogP contribution in [0.1, 0.15) is 21.7 Å². The van der Waals surface area contributed by atoms with E-state index in [-0.39, 0.29) is 17.0 Å². The fourth-order valence-corrected chi connectivity index (χ4v) is 2.06. The summed E-state index contributed by atoms with van der Waals surface area (Å²) in [7, 11) is 0. The Labute approximate surface area is 139 Å². The van der Waals surface area contributed by atoms with E-state index in [2.05, 4.69) is 15.2 Å². The highest BCUT2D eigenvalue weighted by atomic mass is 19.4. The Hall–Kier alpha value is -3.23. The van der Waals surface area contributed by atoms with E-state index in [1.807, 2.05) is 0 Å². The number of esters is 1. The van der Waals surface area contributed by atoms with Crippen molar-refractivity contribution in [1.82, 2.24) is 15.2 Å². The summed E-state index contributed by atoms with van der Waals surface area (Å²) in [5, 5.41) is 7.29. The van der Waals surface area contributed by atoms with Crippen LogP contribution in [-0.4, -0.2) is 21.2 Å². The fraction of sp³-hybridized carbons (Fsp3) is 0.125. The number of benzene rings is 1. The van der Waals surface area contributed by atoms with Crippen LogP contribution >= 0.6 is 0 Å². The SMILES string of the molecule is Cc1nc(C(F)(F)F)ccc1C(=O)Oc1ccc(-c2nnco2)cc1. The van der Waals surface area contributed by atoms with E-state index in [1.165, 1.54) is 25.5 Å². The molecule has 0 unspecified atom stereocenters. The molecule has 3 rings (SSSR count). The molecule has 0 saturated heterocycles. The molecular weight excluding hydrogens is 339 g/mol. The van der Waals surface area contributed by atoms with Crippen LogP contribution in [0.3, 0.4) is 0 Å². The van der Waals surface area contributed by atoms with E-state index >= 15 is 0 Å². The first-order chi connectivity index (χ1) is 11.8. The molecule has 9 heteroatoms. The highest BCUT2D eigenvalue weighted by molar-refractivity contribution is 5.92. The normalized spacial score (nSPS) is 11.4. The van der Waals surface area contributed by atoms with Gasteiger partial charge in [0.1, 0.15) is 11.4 Å². The third-order valence-corrected chi connectivity index (χ3v) is 3.27. The molecule has 128 valence electrons. The molecule has 0 aliphatic heterocycles. The van der Waals surface area contributed by atoms with Crippen molar-refractivity contribution in [3.63, 3.8) is 0 Å². The summed E-state index contributed by atoms with van der Waals surface area (Å²) >= 11 is 0. The van der Waals surface area contributed by atoms with E-state index in [9.17, 15) is 18.0 Å². The fourth-order valence-electron chi connectivity index (χ4n) is 2.06. The van der Waals surface area contributed by atoms with Crippen LogP contribution in [0, 0.1) is 6.92 Å². The van der Waals surface area contributed by atoms with Crippen molar-refractivity contribution in [1.29, 1.82) is 0 Å². The molecule has 0 radical (unpaired) electrons. The van der Waals surface area contributed by atoms with Gasteiger partial charge in [0.05, 0.1) is 11.3 Å². The summed E-state index contributed by atoms with van der Waals surface area (Å²) in [5.41, 5.74) is -0.550. The molecule has 0 N–H and O–H groups in total. The zero-order valence-electron chi connectivity index (χ0n) is 12.7. The number of pyridine rings is 1. The number of alkyl halides is 3. The van der Waals surface area contributed by atoms with E-state index in [0.717, 1.165) is 12.1 Å². The van der Waals surface area contributed by atoms with E-state index < -0.39 is 17.8 Å². The summed E-state index contributed by atoms with van der Waals surface area (Å²) in [6.07, 6.45) is -3.39. The van der Waals surface area contributed by atoms with Crippen LogP contribution in [0.5, 0.6) is 5.75 Å². The van der Waals surface area contributed by atoms with Crippen molar-refractivity contribution in [2.75, 3.05) is 0 Å². The number of rotatable bonds is 3. The number of hydrogen-bond acceptors (Lipinski definition) is 6. The molecule has 2 aromatic heterocycles. The molecular formula is C16H10F3N3O3. The summed E-state index contributed by atoms with van der Waals surface area (Å²) < 4.78 is 48.0. The lowest BCUT2D eigenvalue weighted by atomic mass is 10.2. The van der Waals surface area contributed by atoms with Crippen molar-refractivity contribution in [3.05, 3.63) is 59.7 Å². The van der Waals surface area contributed by atoms with Crippen LogP contribution in [0.2, 0.25) is 0 Å². The molecule has 3 aromatic rings. The van der Waals surface area contributed by atoms with Gasteiger partial charge in [0.15, 0.2) is 0 Å². The standard InChI is InChI=1S/C16H10F3N3O3/c1-9-12(6-7-13(21-9)16(17,18)19)15(23)25-11-4-2-10(3-5-11)14-22-20-8-24-14/h2-8H,1H3. The zero-order chi connectivity index (χ0) is 18.0. The van der Waals surface area contributed by atoms with Crippen LogP contribution < -0.4 is 4.74 Å². The summed E-state index contributed by atoms with van der Waals surface area (Å²) in [6.45, 7) is 1.31. The van der Waals surface area contributed by atoms with Gasteiger partial charge in [-0.15, -0.1) is 10.2 Å². The molecule has 6 nitrogen and oxygen atoms in total. The zero-order valence-corrected chi connectivity index (χ0v) is 12.7. The molecule has 1 aromatic carbocycles. The topological polar surface area (TPSA) is 78.1 Å². The van der Waals surface area contributed by atoms with Gasteiger partial charge in [-0.1, -0.05) is 0 Å². The van der Waals surface area contributed by atoms with Gasteiger partial charge in [0.2, 0.25) is 12.3 Å². The summed E-state index contributed by atoms with van der Waals surface area (Å²) in [5.74, 6) is -0.280. The minimum atomic E-state index is -4.57. The summed E-state index contributed by atoms with van der Waals surface area (Å²) in [4.78, 5) is 15.5. The molecule has 0 aliphatic carbocycles. The first-order valence-corrected chi connectivity index (χ1v) is 6.98. The minimum Gasteiger partial charge on any atom is -0.423 e. The number of aromatic nitrogens is 3. The highest BCUT2D eigenvalue weighted by Gasteiger charge is 2.33. The van der Waals surface area contributed by atoms with E-state index in [4.69, 9.17) is 9.15 Å². The number of hydrogen-bond donors (Lipinski definition) is 0. The Morgan fingerprint density at radius 3 is 2.40 bits per heavy atom. The molecule has 0 fully saturated rings. The maximum atomic E-state index is 12.6. The predicted molar refractivity (Wildman–Crippen MR) is 78.7 cm³/mol. The lowest BCUT2D eigenvalue weighted by Crippen LogP contribution is -2.14. The van der Waals surface area contributed by atoms with Crippen molar-refractivity contribution < 1.29 is 27.1 Å². The van der Waals surface area contributed by atoms with Crippen LogP contribution in [0.15, 0.2) is 47.2 Å². The van der Waals surface area contributed by atoms with E-state index in [0.29, 0.717) is 11.5 Å². The third-order valence-electron chi connectivity index (χ3n) is 3.27. The maximum Gasteiger partial charge on any atom is 0.433 e. The first-order valence-electron chi connectivity index (χ1n) is 6.98. The lowest BCUT2D eigenvalue weighted by Gasteiger charge is -2.10. The van der Waals surface area contributed by atoms with Gasteiger partial charge < -0.3 is 9.15 Å². The molecule has 0 aliphatic rings. The van der Waals surface area contributed by atoms with Crippen molar-refractivity contribution in [2.45, 2.75) is 13.1 Å². The Kier molecular flexibility index (Phi) is 4.22. The Morgan fingerprint density at radius 2 is 1.84 bits per heavy atom. The molecule has 0 bridgehead atoms. The smallest absolute Gasteiger partial charge is 0.423 e. The number of halogens is 3. The van der Waals surface area contributed by atoms with Gasteiger partial charge >= 0.3 is 12.1 Å². The van der Waals surface area contributed by atoms with Gasteiger partial charge in [-0.25, -0.2) is 9.78 Å². The van der Waals surface area contributed by atoms with Gasteiger partial charge in [-0.3, -0.25) is 0 Å². The highest BCUT2D eigenvalue weighted by Crippen LogP contribution is 2.28. The molecule has 0 atom stereocenters.